The number of hydrogen-bond acceptors (Lipinski definition) is 6. The van der Waals surface area contributed by atoms with E-state index in [9.17, 15) is 0 Å². The van der Waals surface area contributed by atoms with E-state index in [1.165, 1.54) is 11.1 Å². The maximum absolute atomic E-state index is 5.83. The Labute approximate surface area is 307 Å². The molecule has 0 aliphatic carbocycles. The van der Waals surface area contributed by atoms with E-state index in [1.54, 1.807) is 0 Å². The Bertz CT molecular complexity index is 1230. The van der Waals surface area contributed by atoms with Gasteiger partial charge in [0.25, 0.3) is 0 Å². The van der Waals surface area contributed by atoms with Crippen LogP contribution in [-0.4, -0.2) is 112 Å². The lowest BCUT2D eigenvalue weighted by Crippen LogP contribution is -2.54. The molecule has 0 spiro atoms. The molecule has 14 heteroatoms. The molecule has 262 valence electrons. The van der Waals surface area contributed by atoms with E-state index >= 15 is 0 Å². The molecule has 0 atom stereocenters. The molecule has 4 heterocycles. The first-order valence-electron chi connectivity index (χ1n) is 16.8. The fraction of sp³-hybridized carbons (Fsp3) is 0.529. The quantitative estimate of drug-likeness (QED) is 0.341. The summed E-state index contributed by atoms with van der Waals surface area (Å²) < 4.78 is 11.7. The van der Waals surface area contributed by atoms with Crippen LogP contribution in [0.15, 0.2) is 48.5 Å². The van der Waals surface area contributed by atoms with Gasteiger partial charge in [-0.05, 0) is 91.4 Å². The highest BCUT2D eigenvalue weighted by Gasteiger charge is 2.21. The maximum atomic E-state index is 5.83. The highest BCUT2D eigenvalue weighted by Crippen LogP contribution is 2.10. The van der Waals surface area contributed by atoms with Crippen LogP contribution < -0.4 is 21.3 Å². The average molecular weight is 731 g/mol. The fourth-order valence-corrected chi connectivity index (χ4v) is 6.34. The predicted octanol–water partition coefficient (Wildman–Crippen LogP) is 3.54. The SMILES string of the molecule is CCN1CCOCCOCCN(CC)C(=S)NCc2ccc(cc2)CNC(=S)N2CCCN(C2)C(=S)NCc2ccc(cc2)CNC1=S. The number of nitrogens with one attached hydrogen (secondary N) is 4. The van der Waals surface area contributed by atoms with Gasteiger partial charge in [0.05, 0.1) is 33.1 Å². The van der Waals surface area contributed by atoms with E-state index in [0.717, 1.165) is 77.3 Å². The first kappa shape index (κ1) is 37.9. The molecule has 4 N–H and O–H groups in total. The molecule has 0 saturated carbocycles. The minimum absolute atomic E-state index is 0.534. The predicted molar refractivity (Wildman–Crippen MR) is 210 cm³/mol. The summed E-state index contributed by atoms with van der Waals surface area (Å²) in [6, 6.07) is 17.0. The van der Waals surface area contributed by atoms with Crippen LogP contribution in [0, 0.1) is 0 Å². The fourth-order valence-electron chi connectivity index (χ4n) is 5.32. The molecule has 6 bridgehead atoms. The second-order valence-electron chi connectivity index (χ2n) is 11.7. The zero-order valence-electron chi connectivity index (χ0n) is 28.2. The summed E-state index contributed by atoms with van der Waals surface area (Å²) in [7, 11) is 0. The molecule has 4 aliphatic heterocycles. The van der Waals surface area contributed by atoms with Gasteiger partial charge in [0, 0.05) is 65.4 Å². The smallest absolute Gasteiger partial charge is 0.170 e. The summed E-state index contributed by atoms with van der Waals surface area (Å²) in [6.07, 6.45) is 0.988. The Morgan fingerprint density at radius 3 is 1.17 bits per heavy atom. The molecule has 2 aromatic rings. The van der Waals surface area contributed by atoms with Gasteiger partial charge in [0.1, 0.15) is 0 Å². The monoisotopic (exact) mass is 730 g/mol. The minimum Gasteiger partial charge on any atom is -0.377 e. The van der Waals surface area contributed by atoms with Crippen molar-refractivity contribution in [3.8, 4) is 0 Å². The van der Waals surface area contributed by atoms with Gasteiger partial charge < -0.3 is 50.3 Å². The van der Waals surface area contributed by atoms with Crippen molar-refractivity contribution in [2.75, 3.05) is 72.4 Å². The van der Waals surface area contributed by atoms with Crippen molar-refractivity contribution in [1.82, 2.24) is 40.9 Å². The largest absolute Gasteiger partial charge is 0.377 e. The number of thiocarbonyl (C=S) groups is 4. The van der Waals surface area contributed by atoms with Gasteiger partial charge in [0.2, 0.25) is 0 Å². The lowest BCUT2D eigenvalue weighted by atomic mass is 10.1. The Morgan fingerprint density at radius 1 is 0.500 bits per heavy atom. The van der Waals surface area contributed by atoms with Gasteiger partial charge in [-0.3, -0.25) is 0 Å². The summed E-state index contributed by atoms with van der Waals surface area (Å²) in [5.41, 5.74) is 4.66. The molecule has 2 aromatic carbocycles. The zero-order chi connectivity index (χ0) is 34.1. The average Bonchev–Trinajstić information content (AvgIpc) is 3.12. The molecule has 6 rings (SSSR count). The first-order valence-corrected chi connectivity index (χ1v) is 18.4. The lowest BCUT2D eigenvalue weighted by Gasteiger charge is -2.38. The third-order valence-electron chi connectivity index (χ3n) is 8.31. The highest BCUT2D eigenvalue weighted by atomic mass is 32.1. The maximum Gasteiger partial charge on any atom is 0.170 e. The van der Waals surface area contributed by atoms with Crippen LogP contribution in [0.25, 0.3) is 0 Å². The number of hydrogen-bond donors (Lipinski definition) is 4. The molecule has 4 aliphatic rings. The number of rotatable bonds is 2. The van der Waals surface area contributed by atoms with Crippen molar-refractivity contribution >= 4 is 69.3 Å². The van der Waals surface area contributed by atoms with E-state index < -0.39 is 0 Å². The Balaban J connectivity index is 1.35. The van der Waals surface area contributed by atoms with Gasteiger partial charge in [-0.1, -0.05) is 48.5 Å². The van der Waals surface area contributed by atoms with Crippen molar-refractivity contribution in [2.24, 2.45) is 0 Å². The number of nitrogens with zero attached hydrogens (tertiary/aromatic N) is 4. The van der Waals surface area contributed by atoms with Crippen molar-refractivity contribution < 1.29 is 9.47 Å². The third kappa shape index (κ3) is 12.5. The van der Waals surface area contributed by atoms with Crippen LogP contribution in [0.1, 0.15) is 42.5 Å². The number of likely N-dealkylation sites (N-methyl/N-ethyl adjacent to an activating group) is 2. The topological polar surface area (TPSA) is 79.5 Å². The first-order chi connectivity index (χ1) is 23.4. The van der Waals surface area contributed by atoms with Gasteiger partial charge in [-0.2, -0.15) is 0 Å². The van der Waals surface area contributed by atoms with Crippen molar-refractivity contribution in [3.63, 3.8) is 0 Å². The molecule has 0 amide bonds. The molecule has 1 saturated heterocycles. The summed E-state index contributed by atoms with van der Waals surface area (Å²) >= 11 is 22.9. The molecule has 1 fully saturated rings. The normalized spacial score (nSPS) is 19.0. The van der Waals surface area contributed by atoms with Crippen LogP contribution in [-0.2, 0) is 35.7 Å². The molecule has 0 aromatic heterocycles. The summed E-state index contributed by atoms with van der Waals surface area (Å²) in [5, 5.41) is 16.6. The van der Waals surface area contributed by atoms with Crippen LogP contribution in [0.5, 0.6) is 0 Å². The van der Waals surface area contributed by atoms with Crippen molar-refractivity contribution in [1.29, 1.82) is 0 Å². The summed E-state index contributed by atoms with van der Waals surface area (Å²) in [5.74, 6) is 0. The second-order valence-corrected chi connectivity index (χ2v) is 13.2. The Morgan fingerprint density at radius 2 is 0.833 bits per heavy atom. The van der Waals surface area contributed by atoms with E-state index in [2.05, 4.69) is 103 Å². The summed E-state index contributed by atoms with van der Waals surface area (Å²) in [4.78, 5) is 8.59. The molecule has 0 radical (unpaired) electrons. The molecular formula is C34H50N8O2S4. The number of benzene rings is 2. The number of ether oxygens (including phenoxy) is 2. The molecule has 10 nitrogen and oxygen atoms in total. The minimum atomic E-state index is 0.534. The van der Waals surface area contributed by atoms with E-state index in [4.69, 9.17) is 58.3 Å². The highest BCUT2D eigenvalue weighted by molar-refractivity contribution is 7.80. The second kappa shape index (κ2) is 20.6. The Hall–Kier alpha value is -2.88. The van der Waals surface area contributed by atoms with Gasteiger partial charge >= 0.3 is 0 Å². The van der Waals surface area contributed by atoms with Crippen LogP contribution in [0.2, 0.25) is 0 Å². The van der Waals surface area contributed by atoms with E-state index in [0.29, 0.717) is 59.3 Å². The van der Waals surface area contributed by atoms with Gasteiger partial charge in [0.15, 0.2) is 20.4 Å². The van der Waals surface area contributed by atoms with Crippen molar-refractivity contribution in [2.45, 2.75) is 46.4 Å². The van der Waals surface area contributed by atoms with Crippen molar-refractivity contribution in [3.05, 3.63) is 70.8 Å². The van der Waals surface area contributed by atoms with Gasteiger partial charge in [-0.25, -0.2) is 0 Å². The lowest BCUT2D eigenvalue weighted by molar-refractivity contribution is 0.0405. The van der Waals surface area contributed by atoms with E-state index in [-0.39, 0.29) is 0 Å². The number of fused-ring (bicyclic) bond motifs is 2. The third-order valence-corrected chi connectivity index (χ3v) is 9.92. The van der Waals surface area contributed by atoms with Crippen LogP contribution >= 0.6 is 48.9 Å². The Kier molecular flexibility index (Phi) is 16.3. The molecular weight excluding hydrogens is 681 g/mol. The molecule has 48 heavy (non-hydrogen) atoms. The molecule has 0 unspecified atom stereocenters. The van der Waals surface area contributed by atoms with Gasteiger partial charge in [-0.15, -0.1) is 0 Å². The standard InChI is InChI=1S/C34H50N8O2S4/c1-3-39-16-18-43-20-21-44-19-17-40(4-2)32(46)36-23-28-8-12-30(13-9-28)25-38-34(48)42-15-5-14-41(26-42)33(47)37-24-29-10-6-27(7-11-29)22-35-31(39)45/h6-13H,3-5,14-26H2,1-2H3,(H,35,45)(H,36,46)(H,37,47)(H,38,48). The van der Waals surface area contributed by atoms with Crippen LogP contribution in [0.4, 0.5) is 0 Å². The van der Waals surface area contributed by atoms with E-state index in [1.807, 2.05) is 0 Å². The zero-order valence-corrected chi connectivity index (χ0v) is 31.4. The summed E-state index contributed by atoms with van der Waals surface area (Å²) in [6.45, 7) is 14.6. The van der Waals surface area contributed by atoms with Crippen LogP contribution in [0.3, 0.4) is 0 Å².